The highest BCUT2D eigenvalue weighted by atomic mass is 19.1. The predicted molar refractivity (Wildman–Crippen MR) is 114 cm³/mol. The van der Waals surface area contributed by atoms with Crippen LogP contribution < -0.4 is 0 Å². The van der Waals surface area contributed by atoms with Gasteiger partial charge in [-0.3, -0.25) is 0 Å². The summed E-state index contributed by atoms with van der Waals surface area (Å²) in [7, 11) is 0. The van der Waals surface area contributed by atoms with Crippen molar-refractivity contribution >= 4 is 0 Å². The van der Waals surface area contributed by atoms with Gasteiger partial charge in [0.1, 0.15) is 11.6 Å². The number of ether oxygens (including phenoxy) is 3. The Kier molecular flexibility index (Phi) is 15.0. The summed E-state index contributed by atoms with van der Waals surface area (Å²) in [5.41, 5.74) is 0.684. The van der Waals surface area contributed by atoms with Crippen molar-refractivity contribution in [1.29, 1.82) is 0 Å². The Morgan fingerprint density at radius 2 is 1.28 bits per heavy atom. The Morgan fingerprint density at radius 1 is 0.724 bits per heavy atom. The summed E-state index contributed by atoms with van der Waals surface area (Å²) in [6.45, 7) is 6.46. The van der Waals surface area contributed by atoms with Crippen LogP contribution in [-0.4, -0.2) is 25.8 Å². The van der Waals surface area contributed by atoms with E-state index in [1.54, 1.807) is 0 Å². The summed E-state index contributed by atoms with van der Waals surface area (Å²) in [6.07, 6.45) is 12.0. The molecule has 0 bridgehead atoms. The molecule has 0 aliphatic rings. The molecule has 0 spiro atoms. The van der Waals surface area contributed by atoms with Crippen LogP contribution in [0.25, 0.3) is 0 Å². The van der Waals surface area contributed by atoms with Crippen molar-refractivity contribution in [1.82, 2.24) is 0 Å². The lowest BCUT2D eigenvalue weighted by Crippen LogP contribution is -2.27. The van der Waals surface area contributed by atoms with E-state index in [9.17, 15) is 8.78 Å². The van der Waals surface area contributed by atoms with Crippen LogP contribution in [0.2, 0.25) is 0 Å². The van der Waals surface area contributed by atoms with Gasteiger partial charge in [0.2, 0.25) is 0 Å². The average Bonchev–Trinajstić information content (AvgIpc) is 2.66. The highest BCUT2D eigenvalue weighted by Gasteiger charge is 2.17. The summed E-state index contributed by atoms with van der Waals surface area (Å²) in [5.74, 6) is -1.05. The number of hydrogen-bond acceptors (Lipinski definition) is 3. The Labute approximate surface area is 176 Å². The van der Waals surface area contributed by atoms with Crippen molar-refractivity contribution < 1.29 is 23.0 Å². The number of halogens is 2. The number of hydrogen-bond donors (Lipinski definition) is 0. The topological polar surface area (TPSA) is 27.7 Å². The van der Waals surface area contributed by atoms with Crippen LogP contribution in [0.4, 0.5) is 8.78 Å². The van der Waals surface area contributed by atoms with Crippen LogP contribution in [0.15, 0.2) is 18.2 Å². The Morgan fingerprint density at radius 3 is 1.86 bits per heavy atom. The van der Waals surface area contributed by atoms with E-state index >= 15 is 0 Å². The van der Waals surface area contributed by atoms with Gasteiger partial charge >= 0.3 is 0 Å². The lowest BCUT2D eigenvalue weighted by Gasteiger charge is -2.24. The van der Waals surface area contributed by atoms with Crippen molar-refractivity contribution in [2.75, 3.05) is 13.2 Å². The molecule has 0 aromatic heterocycles. The largest absolute Gasteiger partial charge is 0.330 e. The zero-order valence-corrected chi connectivity index (χ0v) is 18.6. The van der Waals surface area contributed by atoms with E-state index in [4.69, 9.17) is 14.2 Å². The van der Waals surface area contributed by atoms with Crippen LogP contribution in [0, 0.1) is 11.6 Å². The first-order chi connectivity index (χ1) is 14.1. The van der Waals surface area contributed by atoms with Crippen molar-refractivity contribution in [2.24, 2.45) is 0 Å². The Hall–Kier alpha value is -1.04. The maximum atomic E-state index is 13.4. The maximum absolute atomic E-state index is 13.4. The second kappa shape index (κ2) is 16.7. The molecule has 1 aromatic carbocycles. The molecular weight excluding hydrogens is 374 g/mol. The van der Waals surface area contributed by atoms with Gasteiger partial charge in [0.25, 0.3) is 6.48 Å². The summed E-state index contributed by atoms with van der Waals surface area (Å²) in [6, 6.07) is 3.71. The van der Waals surface area contributed by atoms with Crippen LogP contribution in [0.3, 0.4) is 0 Å². The SMILES string of the molecule is CCCCCCCCCC(CCCc1cc(F)cc(F)c1)OC(OCC)OCC. The highest BCUT2D eigenvalue weighted by molar-refractivity contribution is 5.17. The van der Waals surface area contributed by atoms with Crippen molar-refractivity contribution in [3.63, 3.8) is 0 Å². The van der Waals surface area contributed by atoms with Gasteiger partial charge in [-0.05, 0) is 57.2 Å². The molecule has 0 radical (unpaired) electrons. The molecule has 29 heavy (non-hydrogen) atoms. The fraction of sp³-hybridized carbons (Fsp3) is 0.750. The summed E-state index contributed by atoms with van der Waals surface area (Å²) in [5, 5.41) is 0. The molecular formula is C24H40F2O3. The molecule has 0 saturated carbocycles. The van der Waals surface area contributed by atoms with Crippen LogP contribution in [0.5, 0.6) is 0 Å². The number of unbranched alkanes of at least 4 members (excludes halogenated alkanes) is 6. The first-order valence-corrected chi connectivity index (χ1v) is 11.4. The third-order valence-corrected chi connectivity index (χ3v) is 4.95. The number of aryl methyl sites for hydroxylation is 1. The zero-order chi connectivity index (χ0) is 21.3. The monoisotopic (exact) mass is 414 g/mol. The van der Waals surface area contributed by atoms with E-state index in [1.165, 1.54) is 50.7 Å². The van der Waals surface area contributed by atoms with Crippen molar-refractivity contribution in [2.45, 2.75) is 104 Å². The fourth-order valence-electron chi connectivity index (χ4n) is 3.45. The highest BCUT2D eigenvalue weighted by Crippen LogP contribution is 2.19. The third-order valence-electron chi connectivity index (χ3n) is 4.95. The van der Waals surface area contributed by atoms with Gasteiger partial charge in [0, 0.05) is 19.3 Å². The zero-order valence-electron chi connectivity index (χ0n) is 18.6. The lowest BCUT2D eigenvalue weighted by molar-refractivity contribution is -0.302. The second-order valence-electron chi connectivity index (χ2n) is 7.54. The predicted octanol–water partition coefficient (Wildman–Crippen LogP) is 7.17. The summed E-state index contributed by atoms with van der Waals surface area (Å²) >= 11 is 0. The van der Waals surface area contributed by atoms with Gasteiger partial charge in [-0.15, -0.1) is 0 Å². The average molecular weight is 415 g/mol. The molecule has 0 aliphatic carbocycles. The van der Waals surface area contributed by atoms with Crippen LogP contribution in [0.1, 0.15) is 90.5 Å². The molecule has 0 fully saturated rings. The quantitative estimate of drug-likeness (QED) is 0.188. The van der Waals surface area contributed by atoms with E-state index in [1.807, 2.05) is 13.8 Å². The molecule has 0 saturated heterocycles. The van der Waals surface area contributed by atoms with E-state index in [0.29, 0.717) is 25.2 Å². The Bertz CT molecular complexity index is 499. The van der Waals surface area contributed by atoms with Crippen LogP contribution in [-0.2, 0) is 20.6 Å². The number of benzene rings is 1. The molecule has 1 aromatic rings. The smallest absolute Gasteiger partial charge is 0.271 e. The standard InChI is InChI=1S/C24H40F2O3/c1-4-7-8-9-10-11-12-15-23(29-24(27-5-2)28-6-3)16-13-14-20-17-21(25)19-22(26)18-20/h17-19,23-24H,4-16H2,1-3H3. The molecule has 168 valence electrons. The van der Waals surface area contributed by atoms with Gasteiger partial charge in [0.15, 0.2) is 0 Å². The Balaban J connectivity index is 2.47. The van der Waals surface area contributed by atoms with Gasteiger partial charge in [0.05, 0.1) is 6.10 Å². The molecule has 0 N–H and O–H groups in total. The van der Waals surface area contributed by atoms with E-state index in [-0.39, 0.29) is 6.10 Å². The fourth-order valence-corrected chi connectivity index (χ4v) is 3.45. The summed E-state index contributed by atoms with van der Waals surface area (Å²) < 4.78 is 43.9. The third kappa shape index (κ3) is 13.0. The lowest BCUT2D eigenvalue weighted by atomic mass is 10.0. The molecule has 1 rings (SSSR count). The second-order valence-corrected chi connectivity index (χ2v) is 7.54. The molecule has 1 unspecified atom stereocenters. The summed E-state index contributed by atoms with van der Waals surface area (Å²) in [4.78, 5) is 0. The molecule has 0 heterocycles. The minimum atomic E-state index is -0.647. The minimum absolute atomic E-state index is 0.0205. The first-order valence-electron chi connectivity index (χ1n) is 11.4. The van der Waals surface area contributed by atoms with Gasteiger partial charge in [-0.1, -0.05) is 51.9 Å². The molecule has 0 aliphatic heterocycles. The van der Waals surface area contributed by atoms with Gasteiger partial charge in [-0.25, -0.2) is 8.78 Å². The first kappa shape index (κ1) is 26.0. The minimum Gasteiger partial charge on any atom is -0.330 e. The van der Waals surface area contributed by atoms with Crippen molar-refractivity contribution in [3.8, 4) is 0 Å². The van der Waals surface area contributed by atoms with Gasteiger partial charge < -0.3 is 14.2 Å². The van der Waals surface area contributed by atoms with E-state index < -0.39 is 18.1 Å². The molecule has 0 amide bonds. The van der Waals surface area contributed by atoms with Crippen molar-refractivity contribution in [3.05, 3.63) is 35.4 Å². The van der Waals surface area contributed by atoms with E-state index in [2.05, 4.69) is 6.92 Å². The number of rotatable bonds is 18. The van der Waals surface area contributed by atoms with Crippen LogP contribution >= 0.6 is 0 Å². The van der Waals surface area contributed by atoms with E-state index in [0.717, 1.165) is 31.7 Å². The molecule has 5 heteroatoms. The maximum Gasteiger partial charge on any atom is 0.271 e. The molecule has 3 nitrogen and oxygen atoms in total. The van der Waals surface area contributed by atoms with Gasteiger partial charge in [-0.2, -0.15) is 0 Å². The molecule has 1 atom stereocenters. The normalized spacial score (nSPS) is 12.6.